The molecule has 3 aromatic rings. The monoisotopic (exact) mass is 473 g/mol. The highest BCUT2D eigenvalue weighted by molar-refractivity contribution is 7.91. The fourth-order valence-corrected chi connectivity index (χ4v) is 3.94. The van der Waals surface area contributed by atoms with E-state index in [4.69, 9.17) is 4.74 Å². The van der Waals surface area contributed by atoms with E-state index >= 15 is 0 Å². The van der Waals surface area contributed by atoms with Gasteiger partial charge < -0.3 is 10.1 Å². The number of nitrogens with one attached hydrogen (secondary N) is 1. The number of sulfone groups is 1. The first-order valence-corrected chi connectivity index (χ1v) is 11.4. The van der Waals surface area contributed by atoms with Crippen molar-refractivity contribution < 1.29 is 31.5 Å². The van der Waals surface area contributed by atoms with Gasteiger partial charge in [0.15, 0.2) is 0 Å². The number of carbonyl (C=O) groups is 2. The fraction of sp³-hybridized carbons (Fsp3) is 0.167. The van der Waals surface area contributed by atoms with Crippen LogP contribution in [0.1, 0.15) is 33.2 Å². The van der Waals surface area contributed by atoms with Crippen LogP contribution in [0.5, 0.6) is 0 Å². The Labute approximate surface area is 190 Å². The quantitative estimate of drug-likeness (QED) is 0.496. The zero-order valence-corrected chi connectivity index (χ0v) is 18.6. The first kappa shape index (κ1) is 24.1. The predicted octanol–water partition coefficient (Wildman–Crippen LogP) is 4.84. The molecule has 6 nitrogen and oxygen atoms in total. The lowest BCUT2D eigenvalue weighted by Crippen LogP contribution is -2.26. The number of aryl methyl sites for hydroxylation is 2. The van der Waals surface area contributed by atoms with Crippen LogP contribution >= 0.6 is 0 Å². The molecular formula is C24H21F2NO5S. The lowest BCUT2D eigenvalue weighted by atomic mass is 10.1. The molecule has 1 amide bonds. The molecule has 0 saturated heterocycles. The lowest BCUT2D eigenvalue weighted by molar-refractivity contribution is -0.125. The largest absolute Gasteiger partial charge is 0.444 e. The molecule has 1 atom stereocenters. The Balaban J connectivity index is 1.85. The van der Waals surface area contributed by atoms with Crippen molar-refractivity contribution in [2.24, 2.45) is 0 Å². The maximum atomic E-state index is 13.0. The smallest absolute Gasteiger partial charge is 0.341 e. The molecule has 0 aliphatic carbocycles. The van der Waals surface area contributed by atoms with Crippen LogP contribution in [0.3, 0.4) is 0 Å². The molecule has 1 unspecified atom stereocenters. The Morgan fingerprint density at radius 3 is 2.00 bits per heavy atom. The minimum atomic E-state index is -4.79. The van der Waals surface area contributed by atoms with Gasteiger partial charge in [-0.1, -0.05) is 36.4 Å². The molecule has 0 radical (unpaired) electrons. The van der Waals surface area contributed by atoms with Crippen molar-refractivity contribution in [1.29, 1.82) is 0 Å². The van der Waals surface area contributed by atoms with Crippen LogP contribution in [0.25, 0.3) is 0 Å². The van der Waals surface area contributed by atoms with E-state index in [-0.39, 0.29) is 5.56 Å². The summed E-state index contributed by atoms with van der Waals surface area (Å²) in [6.07, 6.45) is -1.30. The van der Waals surface area contributed by atoms with Gasteiger partial charge in [-0.05, 0) is 61.4 Å². The number of hydrogen-bond donors (Lipinski definition) is 1. The van der Waals surface area contributed by atoms with Gasteiger partial charge >= 0.3 is 11.7 Å². The topological polar surface area (TPSA) is 89.5 Å². The standard InChI is InChI=1S/C24H21F2NO5S/c1-15-12-16(2)14-19(13-15)27-22(28)21(17-6-4-3-5-7-17)32-23(29)18-8-10-20(11-9-18)33(30,31)24(25)26/h3-14,21,24H,1-2H3,(H,27,28). The molecule has 0 aliphatic rings. The number of hydrogen-bond acceptors (Lipinski definition) is 5. The van der Waals surface area contributed by atoms with Crippen molar-refractivity contribution in [3.8, 4) is 0 Å². The number of anilines is 1. The van der Waals surface area contributed by atoms with Gasteiger partial charge in [-0.25, -0.2) is 13.2 Å². The number of alkyl halides is 2. The van der Waals surface area contributed by atoms with E-state index in [9.17, 15) is 26.8 Å². The molecule has 0 spiro atoms. The molecule has 0 fully saturated rings. The zero-order chi connectivity index (χ0) is 24.2. The second-order valence-corrected chi connectivity index (χ2v) is 9.31. The fourth-order valence-electron chi connectivity index (χ4n) is 3.21. The molecule has 0 heterocycles. The van der Waals surface area contributed by atoms with Crippen LogP contribution in [0.2, 0.25) is 0 Å². The predicted molar refractivity (Wildman–Crippen MR) is 119 cm³/mol. The highest BCUT2D eigenvalue weighted by Crippen LogP contribution is 2.24. The van der Waals surface area contributed by atoms with E-state index in [1.807, 2.05) is 19.9 Å². The van der Waals surface area contributed by atoms with Crippen molar-refractivity contribution in [1.82, 2.24) is 0 Å². The number of rotatable bonds is 7. The van der Waals surface area contributed by atoms with E-state index < -0.39 is 38.5 Å². The first-order chi connectivity index (χ1) is 15.6. The van der Waals surface area contributed by atoms with Gasteiger partial charge in [0.25, 0.3) is 5.91 Å². The summed E-state index contributed by atoms with van der Waals surface area (Å²) in [4.78, 5) is 25.1. The number of amides is 1. The number of esters is 1. The van der Waals surface area contributed by atoms with Crippen LogP contribution in [-0.2, 0) is 19.4 Å². The van der Waals surface area contributed by atoms with E-state index in [1.54, 1.807) is 42.5 Å². The summed E-state index contributed by atoms with van der Waals surface area (Å²) in [5.74, 6) is -5.08. The Morgan fingerprint density at radius 2 is 1.45 bits per heavy atom. The van der Waals surface area contributed by atoms with Crippen LogP contribution in [0.4, 0.5) is 14.5 Å². The van der Waals surface area contributed by atoms with Gasteiger partial charge in [0, 0.05) is 11.3 Å². The van der Waals surface area contributed by atoms with Gasteiger partial charge in [0.2, 0.25) is 15.9 Å². The molecule has 0 aromatic heterocycles. The molecule has 0 saturated carbocycles. The minimum Gasteiger partial charge on any atom is -0.444 e. The number of ether oxygens (including phenoxy) is 1. The summed E-state index contributed by atoms with van der Waals surface area (Å²) in [7, 11) is -4.79. The second kappa shape index (κ2) is 9.91. The van der Waals surface area contributed by atoms with Crippen LogP contribution in [-0.4, -0.2) is 26.1 Å². The van der Waals surface area contributed by atoms with Crippen LogP contribution in [0, 0.1) is 13.8 Å². The van der Waals surface area contributed by atoms with E-state index in [1.165, 1.54) is 0 Å². The van der Waals surface area contributed by atoms with Gasteiger partial charge in [-0.15, -0.1) is 0 Å². The van der Waals surface area contributed by atoms with Crippen LogP contribution in [0.15, 0.2) is 77.7 Å². The third kappa shape index (κ3) is 5.81. The number of halogens is 2. The highest BCUT2D eigenvalue weighted by Gasteiger charge is 2.28. The number of carbonyl (C=O) groups excluding carboxylic acids is 2. The molecule has 1 N–H and O–H groups in total. The second-order valence-electron chi connectivity index (χ2n) is 7.39. The highest BCUT2D eigenvalue weighted by atomic mass is 32.2. The van der Waals surface area contributed by atoms with Crippen LogP contribution < -0.4 is 5.32 Å². The molecule has 0 bridgehead atoms. The SMILES string of the molecule is Cc1cc(C)cc(NC(=O)C(OC(=O)c2ccc(S(=O)(=O)C(F)F)cc2)c2ccccc2)c1. The maximum absolute atomic E-state index is 13.0. The normalized spacial score (nSPS) is 12.3. The maximum Gasteiger partial charge on any atom is 0.341 e. The van der Waals surface area contributed by atoms with Gasteiger partial charge in [-0.2, -0.15) is 8.78 Å². The summed E-state index contributed by atoms with van der Waals surface area (Å²) in [6.45, 7) is 3.77. The average molecular weight is 473 g/mol. The van der Waals surface area contributed by atoms with Gasteiger partial charge in [0.05, 0.1) is 10.5 Å². The zero-order valence-electron chi connectivity index (χ0n) is 17.8. The number of benzene rings is 3. The van der Waals surface area contributed by atoms with E-state index in [2.05, 4.69) is 5.32 Å². The van der Waals surface area contributed by atoms with Crippen molar-refractivity contribution in [2.45, 2.75) is 30.6 Å². The average Bonchev–Trinajstić information content (AvgIpc) is 2.77. The Hall–Kier alpha value is -3.59. The molecular weight excluding hydrogens is 452 g/mol. The van der Waals surface area contributed by atoms with Crippen molar-refractivity contribution in [3.63, 3.8) is 0 Å². The summed E-state index contributed by atoms with van der Waals surface area (Å²) in [6, 6.07) is 17.8. The third-order valence-corrected chi connectivity index (χ3v) is 6.11. The van der Waals surface area contributed by atoms with Crippen molar-refractivity contribution in [3.05, 3.63) is 95.1 Å². The summed E-state index contributed by atoms with van der Waals surface area (Å²) in [5, 5.41) is 2.74. The third-order valence-electron chi connectivity index (χ3n) is 4.71. The molecule has 9 heteroatoms. The summed E-state index contributed by atoms with van der Waals surface area (Å²) >= 11 is 0. The first-order valence-electron chi connectivity index (χ1n) is 9.85. The Kier molecular flexibility index (Phi) is 7.23. The molecule has 33 heavy (non-hydrogen) atoms. The summed E-state index contributed by atoms with van der Waals surface area (Å²) < 4.78 is 54.0. The van der Waals surface area contributed by atoms with Crippen molar-refractivity contribution in [2.75, 3.05) is 5.32 Å². The minimum absolute atomic E-state index is 0.0941. The van der Waals surface area contributed by atoms with Gasteiger partial charge in [0.1, 0.15) is 0 Å². The van der Waals surface area contributed by atoms with Gasteiger partial charge in [-0.3, -0.25) is 4.79 Å². The Morgan fingerprint density at radius 1 is 0.879 bits per heavy atom. The molecule has 172 valence electrons. The molecule has 0 aliphatic heterocycles. The van der Waals surface area contributed by atoms with E-state index in [0.717, 1.165) is 35.4 Å². The molecule has 3 rings (SSSR count). The summed E-state index contributed by atoms with van der Waals surface area (Å²) in [5.41, 5.74) is 2.75. The van der Waals surface area contributed by atoms with E-state index in [0.29, 0.717) is 11.3 Å². The lowest BCUT2D eigenvalue weighted by Gasteiger charge is -2.18. The molecule has 3 aromatic carbocycles. The Bertz CT molecular complexity index is 1240. The van der Waals surface area contributed by atoms with Crippen molar-refractivity contribution >= 4 is 27.4 Å².